The van der Waals surface area contributed by atoms with Crippen molar-refractivity contribution in [1.82, 2.24) is 15.0 Å². The van der Waals surface area contributed by atoms with Gasteiger partial charge in [-0.3, -0.25) is 0 Å². The zero-order chi connectivity index (χ0) is 15.4. The highest BCUT2D eigenvalue weighted by atomic mass is 35.5. The summed E-state index contributed by atoms with van der Waals surface area (Å²) in [6.45, 7) is 4.08. The molecule has 0 aliphatic rings. The molecule has 5 nitrogen and oxygen atoms in total. The van der Waals surface area contributed by atoms with Crippen molar-refractivity contribution in [1.29, 1.82) is 0 Å². The van der Waals surface area contributed by atoms with Crippen molar-refractivity contribution in [2.45, 2.75) is 19.9 Å². The number of halogens is 3. The minimum atomic E-state index is -0.0506. The fourth-order valence-corrected chi connectivity index (χ4v) is 2.13. The largest absolute Gasteiger partial charge is 0.474 e. The summed E-state index contributed by atoms with van der Waals surface area (Å²) in [4.78, 5) is 12.1. The van der Waals surface area contributed by atoms with Crippen LogP contribution in [0.15, 0.2) is 18.6 Å². The normalized spacial score (nSPS) is 12.0. The van der Waals surface area contributed by atoms with E-state index in [1.54, 1.807) is 6.07 Å². The topological polar surface area (TPSA) is 59.9 Å². The third kappa shape index (κ3) is 4.33. The third-order valence-electron chi connectivity index (χ3n) is 2.59. The second-order valence-corrected chi connectivity index (χ2v) is 5.64. The number of aromatic nitrogens is 3. The molecule has 2 aromatic rings. The van der Waals surface area contributed by atoms with E-state index < -0.39 is 0 Å². The Labute approximate surface area is 137 Å². The molecule has 0 spiro atoms. The molecular formula is C13H13Cl3N4O. The molecule has 8 heteroatoms. The third-order valence-corrected chi connectivity index (χ3v) is 3.52. The Morgan fingerprint density at radius 3 is 2.71 bits per heavy atom. The maximum Gasteiger partial charge on any atom is 0.232 e. The molecule has 2 rings (SSSR count). The predicted octanol–water partition coefficient (Wildman–Crippen LogP) is 4.02. The van der Waals surface area contributed by atoms with E-state index in [1.165, 1.54) is 12.5 Å². The molecule has 0 bridgehead atoms. The summed E-state index contributed by atoms with van der Waals surface area (Å²) in [5, 5.41) is 4.47. The zero-order valence-corrected chi connectivity index (χ0v) is 13.7. The van der Waals surface area contributed by atoms with E-state index in [-0.39, 0.29) is 6.04 Å². The van der Waals surface area contributed by atoms with Crippen LogP contribution in [0.4, 0.5) is 5.82 Å². The van der Waals surface area contributed by atoms with Crippen molar-refractivity contribution in [2.24, 2.45) is 0 Å². The van der Waals surface area contributed by atoms with E-state index in [9.17, 15) is 0 Å². The molecule has 0 saturated carbocycles. The van der Waals surface area contributed by atoms with Crippen LogP contribution in [0.1, 0.15) is 12.6 Å². The molecule has 0 aliphatic heterocycles. The monoisotopic (exact) mass is 346 g/mol. The van der Waals surface area contributed by atoms with Crippen LogP contribution in [0.3, 0.4) is 0 Å². The molecular weight excluding hydrogens is 335 g/mol. The van der Waals surface area contributed by atoms with E-state index in [0.717, 1.165) is 0 Å². The van der Waals surface area contributed by atoms with Gasteiger partial charge in [-0.2, -0.15) is 0 Å². The maximum atomic E-state index is 6.12. The SMILES string of the molecule is Cc1ncnc(N[C@@H](C)COc2ncc(Cl)cc2Cl)c1Cl. The Morgan fingerprint density at radius 1 is 1.24 bits per heavy atom. The van der Waals surface area contributed by atoms with Crippen molar-refractivity contribution in [2.75, 3.05) is 11.9 Å². The van der Waals surface area contributed by atoms with Crippen molar-refractivity contribution in [3.8, 4) is 5.88 Å². The molecule has 0 fully saturated rings. The first kappa shape index (κ1) is 16.1. The van der Waals surface area contributed by atoms with Gasteiger partial charge in [0.05, 0.1) is 16.8 Å². The van der Waals surface area contributed by atoms with Crippen molar-refractivity contribution in [3.63, 3.8) is 0 Å². The van der Waals surface area contributed by atoms with Gasteiger partial charge >= 0.3 is 0 Å². The van der Waals surface area contributed by atoms with Crippen molar-refractivity contribution in [3.05, 3.63) is 39.4 Å². The van der Waals surface area contributed by atoms with Crippen LogP contribution < -0.4 is 10.1 Å². The molecule has 0 saturated heterocycles. The van der Waals surface area contributed by atoms with Gasteiger partial charge in [0.15, 0.2) is 0 Å². The Bertz CT molecular complexity index is 639. The highest BCUT2D eigenvalue weighted by Crippen LogP contribution is 2.25. The van der Waals surface area contributed by atoms with Gasteiger partial charge in [-0.1, -0.05) is 34.8 Å². The first-order valence-corrected chi connectivity index (χ1v) is 7.28. The lowest BCUT2D eigenvalue weighted by Crippen LogP contribution is -2.24. The number of pyridine rings is 1. The van der Waals surface area contributed by atoms with Crippen LogP contribution in [0.5, 0.6) is 5.88 Å². The molecule has 0 aliphatic carbocycles. The molecule has 21 heavy (non-hydrogen) atoms. The first-order chi connectivity index (χ1) is 9.97. The number of ether oxygens (including phenoxy) is 1. The van der Waals surface area contributed by atoms with Crippen LogP contribution in [0, 0.1) is 6.92 Å². The van der Waals surface area contributed by atoms with E-state index in [4.69, 9.17) is 39.5 Å². The molecule has 1 N–H and O–H groups in total. The Morgan fingerprint density at radius 2 is 2.00 bits per heavy atom. The van der Waals surface area contributed by atoms with E-state index in [0.29, 0.717) is 39.1 Å². The molecule has 112 valence electrons. The van der Waals surface area contributed by atoms with Crippen LogP contribution >= 0.6 is 34.8 Å². The second-order valence-electron chi connectivity index (χ2n) is 4.42. The zero-order valence-electron chi connectivity index (χ0n) is 11.4. The number of nitrogens with zero attached hydrogens (tertiary/aromatic N) is 3. The number of anilines is 1. The summed E-state index contributed by atoms with van der Waals surface area (Å²) >= 11 is 17.9. The van der Waals surface area contributed by atoms with Gasteiger partial charge in [-0.25, -0.2) is 15.0 Å². The van der Waals surface area contributed by atoms with E-state index >= 15 is 0 Å². The van der Waals surface area contributed by atoms with Gasteiger partial charge in [0, 0.05) is 6.20 Å². The van der Waals surface area contributed by atoms with Crippen molar-refractivity contribution >= 4 is 40.6 Å². The summed E-state index contributed by atoms with van der Waals surface area (Å²) in [6, 6.07) is 1.53. The van der Waals surface area contributed by atoms with Crippen molar-refractivity contribution < 1.29 is 4.74 Å². The maximum absolute atomic E-state index is 6.12. The van der Waals surface area contributed by atoms with Gasteiger partial charge in [-0.15, -0.1) is 0 Å². The highest BCUT2D eigenvalue weighted by Gasteiger charge is 2.11. The predicted molar refractivity (Wildman–Crippen MR) is 84.6 cm³/mol. The second kappa shape index (κ2) is 7.11. The first-order valence-electron chi connectivity index (χ1n) is 6.15. The van der Waals surface area contributed by atoms with E-state index in [2.05, 4.69) is 20.3 Å². The summed E-state index contributed by atoms with van der Waals surface area (Å²) in [6.07, 6.45) is 2.93. The van der Waals surface area contributed by atoms with Crippen LogP contribution in [0.2, 0.25) is 15.1 Å². The standard InChI is InChI=1S/C13H13Cl3N4O/c1-7(20-12-11(16)8(2)18-6-19-12)5-21-13-10(15)3-9(14)4-17-13/h3-4,6-7H,5H2,1-2H3,(H,18,19,20)/t7-/m0/s1. The van der Waals surface area contributed by atoms with Crippen LogP contribution in [-0.2, 0) is 0 Å². The van der Waals surface area contributed by atoms with Gasteiger partial charge in [0.1, 0.15) is 28.8 Å². The average molecular weight is 348 g/mol. The Balaban J connectivity index is 1.96. The van der Waals surface area contributed by atoms with Gasteiger partial charge < -0.3 is 10.1 Å². The lowest BCUT2D eigenvalue weighted by atomic mass is 10.3. The minimum Gasteiger partial charge on any atom is -0.474 e. The van der Waals surface area contributed by atoms with Gasteiger partial charge in [-0.05, 0) is 19.9 Å². The molecule has 0 unspecified atom stereocenters. The van der Waals surface area contributed by atoms with E-state index in [1.807, 2.05) is 13.8 Å². The fraction of sp³-hybridized carbons (Fsp3) is 0.308. The van der Waals surface area contributed by atoms with Crippen LogP contribution in [-0.4, -0.2) is 27.6 Å². The molecule has 2 heterocycles. The Kier molecular flexibility index (Phi) is 5.45. The molecule has 2 aromatic heterocycles. The number of hydrogen-bond donors (Lipinski definition) is 1. The number of hydrogen-bond acceptors (Lipinski definition) is 5. The summed E-state index contributed by atoms with van der Waals surface area (Å²) in [5.41, 5.74) is 0.713. The molecule has 1 atom stereocenters. The summed E-state index contributed by atoms with van der Waals surface area (Å²) in [7, 11) is 0. The number of nitrogens with one attached hydrogen (secondary N) is 1. The minimum absolute atomic E-state index is 0.0506. The molecule has 0 radical (unpaired) electrons. The summed E-state index contributed by atoms with van der Waals surface area (Å²) in [5.74, 6) is 0.898. The Hall–Kier alpha value is -1.30. The fourth-order valence-electron chi connectivity index (χ4n) is 1.55. The number of rotatable bonds is 5. The summed E-state index contributed by atoms with van der Waals surface area (Å²) < 4.78 is 5.55. The molecule has 0 amide bonds. The molecule has 0 aromatic carbocycles. The highest BCUT2D eigenvalue weighted by molar-refractivity contribution is 6.35. The average Bonchev–Trinajstić information content (AvgIpc) is 2.43. The quantitative estimate of drug-likeness (QED) is 0.885. The number of aryl methyl sites for hydroxylation is 1. The van der Waals surface area contributed by atoms with Gasteiger partial charge in [0.2, 0.25) is 5.88 Å². The lowest BCUT2D eigenvalue weighted by molar-refractivity contribution is 0.292. The smallest absolute Gasteiger partial charge is 0.232 e. The van der Waals surface area contributed by atoms with Crippen LogP contribution in [0.25, 0.3) is 0 Å². The van der Waals surface area contributed by atoms with Gasteiger partial charge in [0.25, 0.3) is 0 Å². The lowest BCUT2D eigenvalue weighted by Gasteiger charge is -2.16.